The molecule has 1 saturated heterocycles. The molecule has 0 amide bonds. The van der Waals surface area contributed by atoms with Gasteiger partial charge in [0.1, 0.15) is 0 Å². The number of hydrogen-bond donors (Lipinski definition) is 3. The molecule has 0 bridgehead atoms. The number of hydrogen-bond acceptors (Lipinski definition) is 5. The van der Waals surface area contributed by atoms with Gasteiger partial charge in [0.15, 0.2) is 5.58 Å². The number of rotatable bonds is 5. The maximum atomic E-state index is 11.4. The zero-order valence-corrected chi connectivity index (χ0v) is 18.1. The van der Waals surface area contributed by atoms with Crippen LogP contribution >= 0.6 is 0 Å². The second-order valence-electron chi connectivity index (χ2n) is 7.97. The number of oxazole rings is 1. The van der Waals surface area contributed by atoms with Gasteiger partial charge < -0.3 is 14.8 Å². The number of nitrogens with zero attached hydrogens (tertiary/aromatic N) is 1. The van der Waals surface area contributed by atoms with Crippen molar-refractivity contribution >= 4 is 17.1 Å². The SMILES string of the molecule is Cc1ccccc1CN1CCC(NCc2cccc3[nH]c(=O)oc23)CC1.O=C(O)C(F)(F)F. The van der Waals surface area contributed by atoms with Gasteiger partial charge in [-0.2, -0.15) is 13.2 Å². The topological polar surface area (TPSA) is 98.6 Å². The molecular formula is C23H26F3N3O4. The van der Waals surface area contributed by atoms with Crippen molar-refractivity contribution in [1.82, 2.24) is 15.2 Å². The molecule has 1 aromatic heterocycles. The molecule has 3 aromatic rings. The number of H-pyrrole nitrogens is 1. The molecule has 0 spiro atoms. The van der Waals surface area contributed by atoms with Gasteiger partial charge in [-0.25, -0.2) is 9.59 Å². The van der Waals surface area contributed by atoms with Crippen LogP contribution in [-0.2, 0) is 17.9 Å². The molecule has 2 heterocycles. The normalized spacial score (nSPS) is 15.3. The van der Waals surface area contributed by atoms with Gasteiger partial charge in [-0.3, -0.25) is 9.88 Å². The van der Waals surface area contributed by atoms with Crippen LogP contribution < -0.4 is 11.1 Å². The standard InChI is InChI=1S/C21H25N3O2.C2HF3O2/c1-15-5-2-3-6-17(15)14-24-11-9-18(10-12-24)22-13-16-7-4-8-19-20(16)26-21(25)23-19;3-2(4,5)1(6)7/h2-8,18,22H,9-14H2,1H3,(H,23,25);(H,6,7). The van der Waals surface area contributed by atoms with E-state index < -0.39 is 17.9 Å². The molecule has 178 valence electrons. The van der Waals surface area contributed by atoms with Crippen LogP contribution in [-0.4, -0.2) is 46.3 Å². The third kappa shape index (κ3) is 6.93. The summed E-state index contributed by atoms with van der Waals surface area (Å²) >= 11 is 0. The molecule has 0 radical (unpaired) electrons. The van der Waals surface area contributed by atoms with E-state index in [1.807, 2.05) is 18.2 Å². The van der Waals surface area contributed by atoms with Crippen molar-refractivity contribution in [2.45, 2.75) is 45.1 Å². The smallest absolute Gasteiger partial charge is 0.475 e. The number of aryl methyl sites for hydroxylation is 1. The Balaban J connectivity index is 0.000000383. The molecule has 7 nitrogen and oxygen atoms in total. The van der Waals surface area contributed by atoms with Crippen molar-refractivity contribution in [3.63, 3.8) is 0 Å². The number of piperidine rings is 1. The Kier molecular flexibility index (Phi) is 7.93. The first kappa shape index (κ1) is 24.5. The van der Waals surface area contributed by atoms with Gasteiger partial charge in [-0.05, 0) is 50.0 Å². The van der Waals surface area contributed by atoms with E-state index in [-0.39, 0.29) is 0 Å². The summed E-state index contributed by atoms with van der Waals surface area (Å²) in [5.41, 5.74) is 5.26. The molecule has 2 aromatic carbocycles. The van der Waals surface area contributed by atoms with E-state index in [1.165, 1.54) is 11.1 Å². The molecule has 10 heteroatoms. The molecule has 4 rings (SSSR count). The minimum absolute atomic E-state index is 0.392. The Morgan fingerprint density at radius 3 is 2.42 bits per heavy atom. The Morgan fingerprint density at radius 2 is 1.79 bits per heavy atom. The van der Waals surface area contributed by atoms with Crippen molar-refractivity contribution in [2.24, 2.45) is 0 Å². The second-order valence-corrected chi connectivity index (χ2v) is 7.97. The van der Waals surface area contributed by atoms with Crippen LogP contribution in [0.4, 0.5) is 13.2 Å². The molecule has 0 saturated carbocycles. The summed E-state index contributed by atoms with van der Waals surface area (Å²) in [6, 6.07) is 15.0. The van der Waals surface area contributed by atoms with Crippen LogP contribution in [0.5, 0.6) is 0 Å². The summed E-state index contributed by atoms with van der Waals surface area (Å²) in [7, 11) is 0. The van der Waals surface area contributed by atoms with Crippen LogP contribution in [0.25, 0.3) is 11.1 Å². The highest BCUT2D eigenvalue weighted by Crippen LogP contribution is 2.19. The first-order chi connectivity index (χ1) is 15.6. The monoisotopic (exact) mass is 465 g/mol. The molecule has 1 aliphatic rings. The van der Waals surface area contributed by atoms with Crippen molar-refractivity contribution in [2.75, 3.05) is 13.1 Å². The Bertz CT molecular complexity index is 1130. The summed E-state index contributed by atoms with van der Waals surface area (Å²) < 4.78 is 37.0. The third-order valence-corrected chi connectivity index (χ3v) is 5.59. The fraction of sp³-hybridized carbons (Fsp3) is 0.391. The average molecular weight is 465 g/mol. The van der Waals surface area contributed by atoms with Gasteiger partial charge in [0.2, 0.25) is 0 Å². The quantitative estimate of drug-likeness (QED) is 0.530. The Labute approximate surface area is 188 Å². The zero-order valence-electron chi connectivity index (χ0n) is 18.1. The number of benzene rings is 2. The summed E-state index contributed by atoms with van der Waals surface area (Å²) in [5.74, 6) is -3.15. The van der Waals surface area contributed by atoms with E-state index in [4.69, 9.17) is 14.3 Å². The van der Waals surface area contributed by atoms with E-state index in [1.54, 1.807) is 0 Å². The number of aromatic nitrogens is 1. The lowest BCUT2D eigenvalue weighted by Crippen LogP contribution is -2.41. The summed E-state index contributed by atoms with van der Waals surface area (Å²) in [4.78, 5) is 25.6. The van der Waals surface area contributed by atoms with Crippen molar-refractivity contribution in [3.05, 3.63) is 69.7 Å². The molecule has 0 atom stereocenters. The van der Waals surface area contributed by atoms with Crippen LogP contribution in [0.2, 0.25) is 0 Å². The fourth-order valence-corrected chi connectivity index (χ4v) is 3.75. The predicted molar refractivity (Wildman–Crippen MR) is 117 cm³/mol. The lowest BCUT2D eigenvalue weighted by molar-refractivity contribution is -0.192. The predicted octanol–water partition coefficient (Wildman–Crippen LogP) is 3.82. The number of aliphatic carboxylic acids is 1. The third-order valence-electron chi connectivity index (χ3n) is 5.59. The van der Waals surface area contributed by atoms with Crippen molar-refractivity contribution in [3.8, 4) is 0 Å². The number of carbonyl (C=O) groups is 1. The van der Waals surface area contributed by atoms with E-state index >= 15 is 0 Å². The van der Waals surface area contributed by atoms with Crippen molar-refractivity contribution in [1.29, 1.82) is 0 Å². The van der Waals surface area contributed by atoms with E-state index in [0.29, 0.717) is 11.6 Å². The molecule has 3 N–H and O–H groups in total. The number of likely N-dealkylation sites (tertiary alicyclic amines) is 1. The number of aromatic amines is 1. The molecular weight excluding hydrogens is 439 g/mol. The molecule has 1 fully saturated rings. The van der Waals surface area contributed by atoms with Gasteiger partial charge in [0, 0.05) is 24.7 Å². The van der Waals surface area contributed by atoms with E-state index in [0.717, 1.165) is 50.1 Å². The molecule has 33 heavy (non-hydrogen) atoms. The highest BCUT2D eigenvalue weighted by atomic mass is 19.4. The number of carboxylic acid groups (broad SMARTS) is 1. The van der Waals surface area contributed by atoms with Crippen LogP contribution in [0.15, 0.2) is 51.7 Å². The minimum Gasteiger partial charge on any atom is -0.475 e. The Hall–Kier alpha value is -3.11. The highest BCUT2D eigenvalue weighted by molar-refractivity contribution is 5.75. The molecule has 0 aliphatic carbocycles. The number of alkyl halides is 3. The average Bonchev–Trinajstić information content (AvgIpc) is 3.15. The number of nitrogens with one attached hydrogen (secondary N) is 2. The van der Waals surface area contributed by atoms with E-state index in [2.05, 4.69) is 46.4 Å². The maximum Gasteiger partial charge on any atom is 0.490 e. The first-order valence-corrected chi connectivity index (χ1v) is 10.5. The van der Waals surface area contributed by atoms with Gasteiger partial charge in [0.05, 0.1) is 5.52 Å². The van der Waals surface area contributed by atoms with Gasteiger partial charge in [-0.1, -0.05) is 36.4 Å². The van der Waals surface area contributed by atoms with Gasteiger partial charge in [-0.15, -0.1) is 0 Å². The lowest BCUT2D eigenvalue weighted by atomic mass is 10.0. The summed E-state index contributed by atoms with van der Waals surface area (Å²) in [5, 5.41) is 10.8. The minimum atomic E-state index is -5.08. The maximum absolute atomic E-state index is 11.4. The lowest BCUT2D eigenvalue weighted by Gasteiger charge is -2.32. The van der Waals surface area contributed by atoms with Crippen molar-refractivity contribution < 1.29 is 27.5 Å². The van der Waals surface area contributed by atoms with Crippen LogP contribution in [0.3, 0.4) is 0 Å². The van der Waals surface area contributed by atoms with Crippen LogP contribution in [0, 0.1) is 6.92 Å². The highest BCUT2D eigenvalue weighted by Gasteiger charge is 2.38. The summed E-state index contributed by atoms with van der Waals surface area (Å²) in [6.45, 7) is 6.16. The summed E-state index contributed by atoms with van der Waals surface area (Å²) in [6.07, 6.45) is -2.81. The van der Waals surface area contributed by atoms with E-state index in [9.17, 15) is 18.0 Å². The second kappa shape index (κ2) is 10.7. The van der Waals surface area contributed by atoms with Crippen LogP contribution in [0.1, 0.15) is 29.5 Å². The zero-order chi connectivity index (χ0) is 24.0. The number of para-hydroxylation sites is 1. The fourth-order valence-electron chi connectivity index (χ4n) is 3.75. The molecule has 1 aliphatic heterocycles. The number of fused-ring (bicyclic) bond motifs is 1. The Morgan fingerprint density at radius 1 is 1.15 bits per heavy atom. The largest absolute Gasteiger partial charge is 0.490 e. The van der Waals surface area contributed by atoms with Gasteiger partial charge in [0.25, 0.3) is 0 Å². The van der Waals surface area contributed by atoms with Gasteiger partial charge >= 0.3 is 17.9 Å². The first-order valence-electron chi connectivity index (χ1n) is 10.5. The number of halogens is 3. The molecule has 0 unspecified atom stereocenters. The number of carboxylic acids is 1.